The van der Waals surface area contributed by atoms with E-state index >= 15 is 0 Å². The predicted octanol–water partition coefficient (Wildman–Crippen LogP) is 2.02. The third-order valence-electron chi connectivity index (χ3n) is 3.73. The molecule has 2 rings (SSSR count). The summed E-state index contributed by atoms with van der Waals surface area (Å²) in [5.41, 5.74) is 0.751. The Morgan fingerprint density at radius 1 is 1.20 bits per heavy atom. The minimum Gasteiger partial charge on any atom is -0.391 e. The van der Waals surface area contributed by atoms with Gasteiger partial charge in [0.2, 0.25) is 10.0 Å². The number of hydrogen-bond donors (Lipinski definition) is 2. The van der Waals surface area contributed by atoms with Gasteiger partial charge in [-0.25, -0.2) is 17.5 Å². The van der Waals surface area contributed by atoms with E-state index in [0.29, 0.717) is 24.0 Å². The number of nitrogens with one attached hydrogen (secondary N) is 1. The molecule has 1 fully saturated rings. The van der Waals surface area contributed by atoms with E-state index in [1.165, 1.54) is 12.1 Å². The Bertz CT molecular complexity index is 577. The summed E-state index contributed by atoms with van der Waals surface area (Å²) >= 11 is 0. The molecule has 4 nitrogen and oxygen atoms in total. The molecule has 0 saturated heterocycles. The van der Waals surface area contributed by atoms with Gasteiger partial charge in [0.15, 0.2) is 0 Å². The van der Waals surface area contributed by atoms with Gasteiger partial charge in [-0.15, -0.1) is 0 Å². The van der Waals surface area contributed by atoms with Crippen LogP contribution in [0.15, 0.2) is 17.0 Å². The molecular weight excluding hydrogens is 281 g/mol. The molecule has 1 saturated carbocycles. The van der Waals surface area contributed by atoms with Gasteiger partial charge in [0, 0.05) is 6.04 Å². The molecule has 0 bridgehead atoms. The van der Waals surface area contributed by atoms with Crippen molar-refractivity contribution in [3.63, 3.8) is 0 Å². The lowest BCUT2D eigenvalue weighted by molar-refractivity contribution is 0.101. The molecule has 6 heteroatoms. The van der Waals surface area contributed by atoms with E-state index in [2.05, 4.69) is 4.72 Å². The first-order valence-corrected chi connectivity index (χ1v) is 8.27. The number of aryl methyl sites for hydroxylation is 2. The average molecular weight is 301 g/mol. The van der Waals surface area contributed by atoms with Gasteiger partial charge in [0.25, 0.3) is 0 Å². The first-order valence-electron chi connectivity index (χ1n) is 6.78. The second-order valence-electron chi connectivity index (χ2n) is 5.45. The van der Waals surface area contributed by atoms with Crippen LogP contribution in [0.2, 0.25) is 0 Å². The largest absolute Gasteiger partial charge is 0.391 e. The van der Waals surface area contributed by atoms with Gasteiger partial charge in [-0.05, 0) is 49.9 Å². The number of benzene rings is 1. The van der Waals surface area contributed by atoms with Crippen molar-refractivity contribution in [2.45, 2.75) is 56.6 Å². The van der Waals surface area contributed by atoms with E-state index in [1.54, 1.807) is 13.8 Å². The second kappa shape index (κ2) is 5.79. The lowest BCUT2D eigenvalue weighted by Gasteiger charge is -2.28. The van der Waals surface area contributed by atoms with Gasteiger partial charge < -0.3 is 5.11 Å². The molecule has 0 amide bonds. The van der Waals surface area contributed by atoms with Gasteiger partial charge in [-0.1, -0.05) is 12.8 Å². The van der Waals surface area contributed by atoms with Crippen LogP contribution in [0.1, 0.15) is 36.8 Å². The topological polar surface area (TPSA) is 66.4 Å². The highest BCUT2D eigenvalue weighted by atomic mass is 32.2. The van der Waals surface area contributed by atoms with Crippen molar-refractivity contribution >= 4 is 10.0 Å². The number of aliphatic hydroxyl groups is 1. The Morgan fingerprint density at radius 3 is 2.30 bits per heavy atom. The number of sulfonamides is 1. The number of hydrogen-bond acceptors (Lipinski definition) is 3. The molecule has 0 aliphatic heterocycles. The molecule has 1 aromatic rings. The molecule has 1 aliphatic rings. The van der Waals surface area contributed by atoms with Crippen molar-refractivity contribution < 1.29 is 17.9 Å². The van der Waals surface area contributed by atoms with Crippen LogP contribution in [0, 0.1) is 19.7 Å². The summed E-state index contributed by atoms with van der Waals surface area (Å²) in [6, 6.07) is 1.95. The van der Waals surface area contributed by atoms with E-state index in [0.717, 1.165) is 12.8 Å². The minimum absolute atomic E-state index is 0.108. The number of rotatable bonds is 3. The number of aliphatic hydroxyl groups excluding tert-OH is 1. The third-order valence-corrected chi connectivity index (χ3v) is 5.52. The highest BCUT2D eigenvalue weighted by Gasteiger charge is 2.29. The molecule has 0 unspecified atom stereocenters. The quantitative estimate of drug-likeness (QED) is 0.897. The maximum absolute atomic E-state index is 13.3. The van der Waals surface area contributed by atoms with Gasteiger partial charge in [0.05, 0.1) is 11.0 Å². The first kappa shape index (κ1) is 15.4. The molecule has 2 atom stereocenters. The predicted molar refractivity (Wildman–Crippen MR) is 74.5 cm³/mol. The van der Waals surface area contributed by atoms with Crippen LogP contribution in [0.3, 0.4) is 0 Å². The van der Waals surface area contributed by atoms with Crippen LogP contribution in [-0.4, -0.2) is 25.7 Å². The van der Waals surface area contributed by atoms with Crippen molar-refractivity contribution in [1.82, 2.24) is 4.72 Å². The number of halogens is 1. The standard InChI is InChI=1S/C14H20FNO3S/c1-9-7-11(15)8-10(2)14(9)20(18,19)16-12-5-3-4-6-13(12)17/h7-8,12-13,16-17H,3-6H2,1-2H3/t12-,13-/m1/s1. The SMILES string of the molecule is Cc1cc(F)cc(C)c1S(=O)(=O)N[C@@H]1CCCC[C@H]1O. The summed E-state index contributed by atoms with van der Waals surface area (Å²) in [6.07, 6.45) is 2.38. The summed E-state index contributed by atoms with van der Waals surface area (Å²) in [7, 11) is -3.75. The Kier molecular flexibility index (Phi) is 4.46. The fourth-order valence-corrected chi connectivity index (χ4v) is 4.59. The third kappa shape index (κ3) is 3.19. The smallest absolute Gasteiger partial charge is 0.241 e. The summed E-state index contributed by atoms with van der Waals surface area (Å²) in [5, 5.41) is 9.87. The molecule has 0 radical (unpaired) electrons. The van der Waals surface area contributed by atoms with Crippen LogP contribution in [0.5, 0.6) is 0 Å². The Balaban J connectivity index is 2.31. The lowest BCUT2D eigenvalue weighted by atomic mass is 9.93. The lowest BCUT2D eigenvalue weighted by Crippen LogP contribution is -2.45. The van der Waals surface area contributed by atoms with Crippen molar-refractivity contribution in [1.29, 1.82) is 0 Å². The summed E-state index contributed by atoms with van der Waals surface area (Å²) in [4.78, 5) is 0.108. The van der Waals surface area contributed by atoms with E-state index in [1.807, 2.05) is 0 Å². The van der Waals surface area contributed by atoms with Crippen LogP contribution in [0.4, 0.5) is 4.39 Å². The zero-order chi connectivity index (χ0) is 14.9. The van der Waals surface area contributed by atoms with Gasteiger partial charge in [0.1, 0.15) is 5.82 Å². The molecule has 0 heterocycles. The zero-order valence-corrected chi connectivity index (χ0v) is 12.5. The first-order chi connectivity index (χ1) is 9.31. The molecule has 2 N–H and O–H groups in total. The Labute approximate surface area is 119 Å². The molecule has 0 spiro atoms. The van der Waals surface area contributed by atoms with Crippen molar-refractivity contribution in [3.8, 4) is 0 Å². The average Bonchev–Trinajstić information content (AvgIpc) is 2.30. The summed E-state index contributed by atoms with van der Waals surface area (Å²) < 4.78 is 40.7. The van der Waals surface area contributed by atoms with Crippen LogP contribution < -0.4 is 4.72 Å². The Morgan fingerprint density at radius 2 is 1.75 bits per heavy atom. The Hall–Kier alpha value is -0.980. The highest BCUT2D eigenvalue weighted by molar-refractivity contribution is 7.89. The molecular formula is C14H20FNO3S. The summed E-state index contributed by atoms with van der Waals surface area (Å²) in [6.45, 7) is 3.14. The van der Waals surface area contributed by atoms with Gasteiger partial charge >= 0.3 is 0 Å². The maximum Gasteiger partial charge on any atom is 0.241 e. The normalized spacial score (nSPS) is 23.8. The van der Waals surface area contributed by atoms with Gasteiger partial charge in [-0.3, -0.25) is 0 Å². The fraction of sp³-hybridized carbons (Fsp3) is 0.571. The van der Waals surface area contributed by atoms with E-state index < -0.39 is 28.0 Å². The highest BCUT2D eigenvalue weighted by Crippen LogP contribution is 2.24. The molecule has 1 aromatic carbocycles. The van der Waals surface area contributed by atoms with Gasteiger partial charge in [-0.2, -0.15) is 0 Å². The minimum atomic E-state index is -3.75. The monoisotopic (exact) mass is 301 g/mol. The van der Waals surface area contributed by atoms with Crippen molar-refractivity contribution in [2.75, 3.05) is 0 Å². The molecule has 20 heavy (non-hydrogen) atoms. The fourth-order valence-electron chi connectivity index (χ4n) is 2.83. The van der Waals surface area contributed by atoms with Crippen LogP contribution in [-0.2, 0) is 10.0 Å². The van der Waals surface area contributed by atoms with Crippen molar-refractivity contribution in [3.05, 3.63) is 29.1 Å². The molecule has 1 aliphatic carbocycles. The van der Waals surface area contributed by atoms with E-state index in [4.69, 9.17) is 0 Å². The van der Waals surface area contributed by atoms with Crippen LogP contribution in [0.25, 0.3) is 0 Å². The maximum atomic E-state index is 13.3. The second-order valence-corrected chi connectivity index (χ2v) is 7.10. The molecule has 0 aromatic heterocycles. The van der Waals surface area contributed by atoms with E-state index in [-0.39, 0.29) is 4.90 Å². The van der Waals surface area contributed by atoms with Crippen molar-refractivity contribution in [2.24, 2.45) is 0 Å². The molecule has 112 valence electrons. The summed E-state index contributed by atoms with van der Waals surface area (Å²) in [5.74, 6) is -0.448. The zero-order valence-electron chi connectivity index (χ0n) is 11.7. The van der Waals surface area contributed by atoms with E-state index in [9.17, 15) is 17.9 Å². The van der Waals surface area contributed by atoms with Crippen LogP contribution >= 0.6 is 0 Å².